The zero-order chi connectivity index (χ0) is 16.2. The summed E-state index contributed by atoms with van der Waals surface area (Å²) in [5.41, 5.74) is 0.0847. The lowest BCUT2D eigenvalue weighted by atomic mass is 9.99. The van der Waals surface area contributed by atoms with Crippen molar-refractivity contribution in [3.8, 4) is 0 Å². The molecule has 5 nitrogen and oxygen atoms in total. The molecule has 0 amide bonds. The van der Waals surface area contributed by atoms with Crippen molar-refractivity contribution in [3.63, 3.8) is 0 Å². The monoisotopic (exact) mass is 350 g/mol. The zero-order valence-electron chi connectivity index (χ0n) is 12.4. The third-order valence-electron chi connectivity index (χ3n) is 3.72. The van der Waals surface area contributed by atoms with E-state index in [0.29, 0.717) is 12.2 Å². The van der Waals surface area contributed by atoms with Crippen LogP contribution in [0.1, 0.15) is 18.4 Å². The normalized spacial score (nSPS) is 22.1. The van der Waals surface area contributed by atoms with Crippen LogP contribution in [0.2, 0.25) is 5.02 Å². The Hall–Kier alpha value is -0.730. The summed E-state index contributed by atoms with van der Waals surface area (Å²) in [5, 5.41) is 3.22. The van der Waals surface area contributed by atoms with Crippen LogP contribution in [0.3, 0.4) is 0 Å². The van der Waals surface area contributed by atoms with Crippen molar-refractivity contribution in [1.82, 2.24) is 10.0 Å². The lowest BCUT2D eigenvalue weighted by Gasteiger charge is -2.28. The van der Waals surface area contributed by atoms with Gasteiger partial charge in [0.25, 0.3) is 0 Å². The predicted molar refractivity (Wildman–Crippen MR) is 83.9 cm³/mol. The van der Waals surface area contributed by atoms with Crippen molar-refractivity contribution in [2.24, 2.45) is 0 Å². The van der Waals surface area contributed by atoms with Gasteiger partial charge in [-0.15, -0.1) is 0 Å². The number of benzene rings is 1. The molecule has 2 N–H and O–H groups in total. The molecule has 0 bridgehead atoms. The largest absolute Gasteiger partial charge is 0.383 e. The molecule has 1 fully saturated rings. The maximum absolute atomic E-state index is 13.1. The Morgan fingerprint density at radius 3 is 2.86 bits per heavy atom. The minimum Gasteiger partial charge on any atom is -0.383 e. The third kappa shape index (κ3) is 4.63. The number of nitrogens with one attached hydrogen (secondary N) is 2. The second kappa shape index (κ2) is 7.23. The second-order valence-corrected chi connectivity index (χ2v) is 7.79. The Balaban J connectivity index is 1.99. The Labute approximate surface area is 135 Å². The molecular formula is C14H20ClFN2O3S. The van der Waals surface area contributed by atoms with Crippen molar-refractivity contribution in [2.75, 3.05) is 26.8 Å². The summed E-state index contributed by atoms with van der Waals surface area (Å²) in [7, 11) is -1.94. The van der Waals surface area contributed by atoms with Gasteiger partial charge in [-0.3, -0.25) is 0 Å². The minimum atomic E-state index is -3.53. The molecule has 1 aromatic carbocycles. The van der Waals surface area contributed by atoms with E-state index < -0.39 is 15.8 Å². The lowest BCUT2D eigenvalue weighted by Crippen LogP contribution is -2.53. The number of hydrogen-bond donors (Lipinski definition) is 2. The molecule has 124 valence electrons. The van der Waals surface area contributed by atoms with Gasteiger partial charge in [0.2, 0.25) is 10.0 Å². The number of halogens is 2. The molecular weight excluding hydrogens is 331 g/mol. The van der Waals surface area contributed by atoms with Crippen LogP contribution in [0.15, 0.2) is 18.2 Å². The molecule has 0 radical (unpaired) electrons. The molecule has 0 spiro atoms. The molecule has 1 heterocycles. The van der Waals surface area contributed by atoms with Crippen molar-refractivity contribution in [3.05, 3.63) is 34.6 Å². The fourth-order valence-electron chi connectivity index (χ4n) is 2.62. The van der Waals surface area contributed by atoms with Gasteiger partial charge in [-0.2, -0.15) is 0 Å². The molecule has 0 aliphatic carbocycles. The summed E-state index contributed by atoms with van der Waals surface area (Å²) < 4.78 is 45.3. The summed E-state index contributed by atoms with van der Waals surface area (Å²) in [6, 6.07) is 3.91. The first-order valence-corrected chi connectivity index (χ1v) is 9.04. The molecule has 1 saturated heterocycles. The first-order chi connectivity index (χ1) is 10.4. The van der Waals surface area contributed by atoms with Gasteiger partial charge in [-0.25, -0.2) is 17.5 Å². The Morgan fingerprint density at radius 2 is 2.27 bits per heavy atom. The molecule has 1 aliphatic heterocycles. The Morgan fingerprint density at radius 1 is 1.50 bits per heavy atom. The van der Waals surface area contributed by atoms with Crippen LogP contribution in [0.25, 0.3) is 0 Å². The highest BCUT2D eigenvalue weighted by Crippen LogP contribution is 2.20. The molecule has 0 saturated carbocycles. The highest BCUT2D eigenvalue weighted by molar-refractivity contribution is 7.88. The summed E-state index contributed by atoms with van der Waals surface area (Å²) in [6.07, 6.45) is 1.84. The quantitative estimate of drug-likeness (QED) is 0.785. The summed E-state index contributed by atoms with van der Waals surface area (Å²) in [6.45, 7) is 1.55. The van der Waals surface area contributed by atoms with Gasteiger partial charge < -0.3 is 10.1 Å². The molecule has 22 heavy (non-hydrogen) atoms. The van der Waals surface area contributed by atoms with Gasteiger partial charge in [0.15, 0.2) is 0 Å². The van der Waals surface area contributed by atoms with E-state index in [1.807, 2.05) is 0 Å². The van der Waals surface area contributed by atoms with Crippen LogP contribution in [0.5, 0.6) is 0 Å². The van der Waals surface area contributed by atoms with Crippen molar-refractivity contribution in [1.29, 1.82) is 0 Å². The van der Waals surface area contributed by atoms with Gasteiger partial charge in [-0.1, -0.05) is 17.7 Å². The van der Waals surface area contributed by atoms with E-state index in [-0.39, 0.29) is 22.9 Å². The SMILES string of the molecule is COCC1(CNS(=O)(=O)Cc2ccc(F)c(Cl)c2)CCCN1. The van der Waals surface area contributed by atoms with Crippen molar-refractivity contribution >= 4 is 21.6 Å². The van der Waals surface area contributed by atoms with Crippen LogP contribution in [-0.4, -0.2) is 40.8 Å². The molecule has 1 aromatic rings. The molecule has 0 aromatic heterocycles. The topological polar surface area (TPSA) is 67.4 Å². The van der Waals surface area contributed by atoms with E-state index in [4.69, 9.17) is 16.3 Å². The lowest BCUT2D eigenvalue weighted by molar-refractivity contribution is 0.122. The summed E-state index contributed by atoms with van der Waals surface area (Å²) in [5.74, 6) is -0.805. The number of hydrogen-bond acceptors (Lipinski definition) is 4. The molecule has 2 rings (SSSR count). The fraction of sp³-hybridized carbons (Fsp3) is 0.571. The average molecular weight is 351 g/mol. The summed E-state index contributed by atoms with van der Waals surface area (Å²) >= 11 is 5.67. The minimum absolute atomic E-state index is 0.0824. The number of ether oxygens (including phenoxy) is 1. The second-order valence-electron chi connectivity index (χ2n) is 5.57. The van der Waals surface area contributed by atoms with Gasteiger partial charge in [0.05, 0.1) is 22.9 Å². The molecule has 1 aliphatic rings. The van der Waals surface area contributed by atoms with E-state index >= 15 is 0 Å². The van der Waals surface area contributed by atoms with Crippen LogP contribution in [-0.2, 0) is 20.5 Å². The average Bonchev–Trinajstić information content (AvgIpc) is 2.90. The first-order valence-electron chi connectivity index (χ1n) is 7.01. The standard InChI is InChI=1S/C14H20ClFN2O3S/c1-21-10-14(5-2-6-17-14)9-18-22(19,20)8-11-3-4-13(16)12(15)7-11/h3-4,7,17-18H,2,5-6,8-10H2,1H3. The maximum Gasteiger partial charge on any atom is 0.215 e. The van der Waals surface area contributed by atoms with Crippen LogP contribution >= 0.6 is 11.6 Å². The maximum atomic E-state index is 13.1. The zero-order valence-corrected chi connectivity index (χ0v) is 13.9. The first kappa shape index (κ1) is 17.6. The van der Waals surface area contributed by atoms with Gasteiger partial charge in [0, 0.05) is 13.7 Å². The molecule has 1 unspecified atom stereocenters. The highest BCUT2D eigenvalue weighted by Gasteiger charge is 2.34. The van der Waals surface area contributed by atoms with Crippen molar-refractivity contribution < 1.29 is 17.5 Å². The van der Waals surface area contributed by atoms with Gasteiger partial charge in [-0.05, 0) is 37.1 Å². The van der Waals surface area contributed by atoms with E-state index in [9.17, 15) is 12.8 Å². The number of rotatable bonds is 7. The Kier molecular flexibility index (Phi) is 5.79. The van der Waals surface area contributed by atoms with E-state index in [0.717, 1.165) is 25.5 Å². The van der Waals surface area contributed by atoms with E-state index in [1.165, 1.54) is 12.1 Å². The third-order valence-corrected chi connectivity index (χ3v) is 5.31. The predicted octanol–water partition coefficient (Wildman–Crippen LogP) is 1.67. The number of sulfonamides is 1. The van der Waals surface area contributed by atoms with E-state index in [1.54, 1.807) is 7.11 Å². The molecule has 1 atom stereocenters. The van der Waals surface area contributed by atoms with E-state index in [2.05, 4.69) is 10.0 Å². The summed E-state index contributed by atoms with van der Waals surface area (Å²) in [4.78, 5) is 0. The number of methoxy groups -OCH3 is 1. The van der Waals surface area contributed by atoms with Gasteiger partial charge >= 0.3 is 0 Å². The fourth-order valence-corrected chi connectivity index (χ4v) is 4.04. The molecule has 8 heteroatoms. The van der Waals surface area contributed by atoms with Crippen LogP contribution in [0, 0.1) is 5.82 Å². The van der Waals surface area contributed by atoms with Crippen molar-refractivity contribution in [2.45, 2.75) is 24.1 Å². The van der Waals surface area contributed by atoms with Crippen LogP contribution in [0.4, 0.5) is 4.39 Å². The van der Waals surface area contributed by atoms with Crippen LogP contribution < -0.4 is 10.0 Å². The highest BCUT2D eigenvalue weighted by atomic mass is 35.5. The van der Waals surface area contributed by atoms with Gasteiger partial charge in [0.1, 0.15) is 5.82 Å². The smallest absolute Gasteiger partial charge is 0.215 e. The Bertz CT molecular complexity index is 619.